The van der Waals surface area contributed by atoms with Gasteiger partial charge in [0.2, 0.25) is 0 Å². The van der Waals surface area contributed by atoms with Crippen LogP contribution in [0, 0.1) is 5.92 Å². The van der Waals surface area contributed by atoms with E-state index in [9.17, 15) is 5.11 Å². The van der Waals surface area contributed by atoms with Gasteiger partial charge in [-0.15, -0.1) is 0 Å². The van der Waals surface area contributed by atoms with Crippen LogP contribution in [0.5, 0.6) is 0 Å². The molecule has 1 aromatic rings. The first kappa shape index (κ1) is 14.6. The van der Waals surface area contributed by atoms with Crippen LogP contribution in [0.4, 0.5) is 5.69 Å². The number of aliphatic hydroxyl groups excluding tert-OH is 1. The number of aliphatic hydroxyl groups is 1. The molecule has 4 heteroatoms. The Balaban J connectivity index is 2.18. The topological polar surface area (TPSA) is 35.5 Å². The van der Waals surface area contributed by atoms with Crippen molar-refractivity contribution in [2.45, 2.75) is 32.9 Å². The van der Waals surface area contributed by atoms with Crippen LogP contribution in [0.1, 0.15) is 25.8 Å². The fourth-order valence-electron chi connectivity index (χ4n) is 2.56. The number of nitrogens with one attached hydrogen (secondary N) is 1. The van der Waals surface area contributed by atoms with Crippen molar-refractivity contribution in [1.29, 1.82) is 0 Å². The third-order valence-corrected chi connectivity index (χ3v) is 3.94. The summed E-state index contributed by atoms with van der Waals surface area (Å²) in [7, 11) is 0. The van der Waals surface area contributed by atoms with Gasteiger partial charge in [0.1, 0.15) is 0 Å². The van der Waals surface area contributed by atoms with Crippen LogP contribution in [-0.4, -0.2) is 30.8 Å². The molecule has 0 aromatic heterocycles. The van der Waals surface area contributed by atoms with E-state index in [-0.39, 0.29) is 6.61 Å². The van der Waals surface area contributed by atoms with E-state index >= 15 is 0 Å². The minimum atomic E-state index is 0.264. The highest BCUT2D eigenvalue weighted by atomic mass is 35.5. The fraction of sp³-hybridized carbons (Fsp3) is 0.600. The van der Waals surface area contributed by atoms with Gasteiger partial charge >= 0.3 is 0 Å². The van der Waals surface area contributed by atoms with Gasteiger partial charge in [-0.1, -0.05) is 37.6 Å². The van der Waals surface area contributed by atoms with E-state index in [0.717, 1.165) is 36.8 Å². The van der Waals surface area contributed by atoms with E-state index in [4.69, 9.17) is 11.6 Å². The summed E-state index contributed by atoms with van der Waals surface area (Å²) in [4.78, 5) is 2.31. The molecule has 2 rings (SSSR count). The number of hydrogen-bond acceptors (Lipinski definition) is 3. The molecule has 1 saturated heterocycles. The van der Waals surface area contributed by atoms with Gasteiger partial charge in [-0.05, 0) is 18.1 Å². The van der Waals surface area contributed by atoms with Crippen LogP contribution in [0.25, 0.3) is 0 Å². The zero-order chi connectivity index (χ0) is 13.8. The van der Waals surface area contributed by atoms with Crippen LogP contribution in [0.3, 0.4) is 0 Å². The molecule has 0 bridgehead atoms. The molecule has 1 atom stereocenters. The Morgan fingerprint density at radius 2 is 2.26 bits per heavy atom. The van der Waals surface area contributed by atoms with E-state index in [1.54, 1.807) is 0 Å². The van der Waals surface area contributed by atoms with Crippen molar-refractivity contribution in [1.82, 2.24) is 5.32 Å². The maximum atomic E-state index is 9.27. The standard InChI is InChI=1S/C15H23ClN2O/c1-11(2)17-8-13-4-3-5-14(16)15(13)18-7-6-12(9-18)10-19/h3-5,11-12,17,19H,6-10H2,1-2H3. The number of nitrogens with zero attached hydrogens (tertiary/aromatic N) is 1. The molecular weight excluding hydrogens is 260 g/mol. The Morgan fingerprint density at radius 1 is 1.47 bits per heavy atom. The summed E-state index contributed by atoms with van der Waals surface area (Å²) in [5, 5.41) is 13.5. The first-order valence-corrected chi connectivity index (χ1v) is 7.36. The van der Waals surface area contributed by atoms with Gasteiger partial charge in [0.15, 0.2) is 0 Å². The molecule has 0 radical (unpaired) electrons. The number of benzene rings is 1. The zero-order valence-corrected chi connectivity index (χ0v) is 12.5. The van der Waals surface area contributed by atoms with Crippen LogP contribution in [0.2, 0.25) is 5.02 Å². The summed E-state index contributed by atoms with van der Waals surface area (Å²) in [6, 6.07) is 6.53. The Morgan fingerprint density at radius 3 is 2.89 bits per heavy atom. The molecule has 1 aliphatic rings. The van der Waals surface area contributed by atoms with E-state index in [1.165, 1.54) is 5.56 Å². The summed E-state index contributed by atoms with van der Waals surface area (Å²) < 4.78 is 0. The van der Waals surface area contributed by atoms with Gasteiger partial charge in [0.25, 0.3) is 0 Å². The van der Waals surface area contributed by atoms with Gasteiger partial charge in [-0.3, -0.25) is 0 Å². The molecule has 1 aliphatic heterocycles. The van der Waals surface area contributed by atoms with Gasteiger partial charge < -0.3 is 15.3 Å². The minimum absolute atomic E-state index is 0.264. The molecule has 1 fully saturated rings. The first-order chi connectivity index (χ1) is 9.11. The summed E-state index contributed by atoms with van der Waals surface area (Å²) >= 11 is 6.38. The Kier molecular flexibility index (Phi) is 5.08. The summed E-state index contributed by atoms with van der Waals surface area (Å²) in [5.41, 5.74) is 2.37. The second kappa shape index (κ2) is 6.60. The molecule has 0 spiro atoms. The van der Waals surface area contributed by atoms with Crippen molar-refractivity contribution in [3.63, 3.8) is 0 Å². The molecule has 1 aromatic carbocycles. The first-order valence-electron chi connectivity index (χ1n) is 6.98. The zero-order valence-electron chi connectivity index (χ0n) is 11.7. The Hall–Kier alpha value is -0.770. The summed E-state index contributed by atoms with van der Waals surface area (Å²) in [5.74, 6) is 0.377. The average Bonchev–Trinajstić information content (AvgIpc) is 2.84. The molecule has 0 saturated carbocycles. The highest BCUT2D eigenvalue weighted by Crippen LogP contribution is 2.33. The smallest absolute Gasteiger partial charge is 0.0642 e. The molecule has 3 nitrogen and oxygen atoms in total. The molecule has 2 N–H and O–H groups in total. The maximum absolute atomic E-state index is 9.27. The van der Waals surface area contributed by atoms with Crippen molar-refractivity contribution >= 4 is 17.3 Å². The van der Waals surface area contributed by atoms with E-state index < -0.39 is 0 Å². The van der Waals surface area contributed by atoms with Gasteiger partial charge in [-0.2, -0.15) is 0 Å². The highest BCUT2D eigenvalue weighted by molar-refractivity contribution is 6.33. The SMILES string of the molecule is CC(C)NCc1cccc(Cl)c1N1CCC(CO)C1. The van der Waals surface area contributed by atoms with Gasteiger partial charge in [-0.25, -0.2) is 0 Å². The van der Waals surface area contributed by atoms with Crippen molar-refractivity contribution in [2.75, 3.05) is 24.6 Å². The van der Waals surface area contributed by atoms with Crippen LogP contribution >= 0.6 is 11.6 Å². The number of halogens is 1. The minimum Gasteiger partial charge on any atom is -0.396 e. The number of anilines is 1. The maximum Gasteiger partial charge on any atom is 0.0642 e. The van der Waals surface area contributed by atoms with Crippen LogP contribution in [0.15, 0.2) is 18.2 Å². The largest absolute Gasteiger partial charge is 0.396 e. The summed E-state index contributed by atoms with van der Waals surface area (Å²) in [6.45, 7) is 7.25. The molecule has 106 valence electrons. The molecule has 0 amide bonds. The lowest BCUT2D eigenvalue weighted by atomic mass is 10.1. The Bertz CT molecular complexity index is 423. The molecule has 0 aliphatic carbocycles. The van der Waals surface area contributed by atoms with Crippen molar-refractivity contribution in [3.8, 4) is 0 Å². The van der Waals surface area contributed by atoms with Crippen molar-refractivity contribution < 1.29 is 5.11 Å². The van der Waals surface area contributed by atoms with Crippen LogP contribution in [-0.2, 0) is 6.54 Å². The van der Waals surface area contributed by atoms with Crippen molar-refractivity contribution in [3.05, 3.63) is 28.8 Å². The fourth-order valence-corrected chi connectivity index (χ4v) is 2.87. The second-order valence-corrected chi connectivity index (χ2v) is 5.97. The van der Waals surface area contributed by atoms with Crippen LogP contribution < -0.4 is 10.2 Å². The van der Waals surface area contributed by atoms with E-state index in [0.29, 0.717) is 12.0 Å². The molecule has 1 heterocycles. The normalized spacial score (nSPS) is 19.4. The lowest BCUT2D eigenvalue weighted by Gasteiger charge is -2.24. The van der Waals surface area contributed by atoms with Gasteiger partial charge in [0.05, 0.1) is 10.7 Å². The predicted molar refractivity (Wildman–Crippen MR) is 80.8 cm³/mol. The lowest BCUT2D eigenvalue weighted by Crippen LogP contribution is -2.26. The van der Waals surface area contributed by atoms with E-state index in [1.807, 2.05) is 12.1 Å². The quantitative estimate of drug-likeness (QED) is 0.872. The van der Waals surface area contributed by atoms with Gasteiger partial charge in [0, 0.05) is 38.2 Å². The highest BCUT2D eigenvalue weighted by Gasteiger charge is 2.25. The molecule has 19 heavy (non-hydrogen) atoms. The Labute approximate surface area is 120 Å². The third kappa shape index (κ3) is 3.62. The monoisotopic (exact) mass is 282 g/mol. The summed E-state index contributed by atoms with van der Waals surface area (Å²) in [6.07, 6.45) is 1.04. The van der Waals surface area contributed by atoms with E-state index in [2.05, 4.69) is 30.1 Å². The number of rotatable bonds is 5. The predicted octanol–water partition coefficient (Wildman–Crippen LogP) is 2.66. The lowest BCUT2D eigenvalue weighted by molar-refractivity contribution is 0.238. The number of para-hydroxylation sites is 1. The van der Waals surface area contributed by atoms with Crippen molar-refractivity contribution in [2.24, 2.45) is 5.92 Å². The average molecular weight is 283 g/mol. The molecular formula is C15H23ClN2O. The third-order valence-electron chi connectivity index (χ3n) is 3.63. The number of hydrogen-bond donors (Lipinski definition) is 2. The second-order valence-electron chi connectivity index (χ2n) is 5.57. The molecule has 1 unspecified atom stereocenters.